The number of hydrogen-bond acceptors (Lipinski definition) is 3. The molecular formula is C9H18N4O. The maximum atomic E-state index is 10.8. The van der Waals surface area contributed by atoms with E-state index < -0.39 is 0 Å². The van der Waals surface area contributed by atoms with Crippen LogP contribution in [0.5, 0.6) is 0 Å². The van der Waals surface area contributed by atoms with Crippen molar-refractivity contribution in [3.05, 3.63) is 0 Å². The van der Waals surface area contributed by atoms with E-state index in [1.54, 1.807) is 11.9 Å². The third-order valence-electron chi connectivity index (χ3n) is 2.44. The second kappa shape index (κ2) is 5.59. The molecule has 0 bridgehead atoms. The average Bonchev–Trinajstić information content (AvgIpc) is 2.19. The van der Waals surface area contributed by atoms with E-state index in [2.05, 4.69) is 9.89 Å². The number of nitrogens with zero attached hydrogens (tertiary/aromatic N) is 3. The molecule has 1 fully saturated rings. The van der Waals surface area contributed by atoms with Crippen LogP contribution in [0.25, 0.3) is 0 Å². The topological polar surface area (TPSA) is 61.9 Å². The number of aliphatic imine (C=N–C) groups is 1. The summed E-state index contributed by atoms with van der Waals surface area (Å²) in [6.07, 6.45) is 2.90. The van der Waals surface area contributed by atoms with Crippen molar-refractivity contribution >= 4 is 12.2 Å². The van der Waals surface area contributed by atoms with Gasteiger partial charge in [-0.15, -0.1) is 0 Å². The summed E-state index contributed by atoms with van der Waals surface area (Å²) >= 11 is 0. The fourth-order valence-corrected chi connectivity index (χ4v) is 1.56. The lowest BCUT2D eigenvalue weighted by molar-refractivity contribution is 0.147. The van der Waals surface area contributed by atoms with Crippen LogP contribution in [-0.4, -0.2) is 61.8 Å². The van der Waals surface area contributed by atoms with Gasteiger partial charge in [0.15, 0.2) is 0 Å². The lowest BCUT2D eigenvalue weighted by atomic mass is 10.3. The van der Waals surface area contributed by atoms with Crippen LogP contribution < -0.4 is 5.73 Å². The minimum atomic E-state index is -0.306. The molecule has 1 rings (SSSR count). The first-order valence-corrected chi connectivity index (χ1v) is 4.91. The molecule has 5 heteroatoms. The summed E-state index contributed by atoms with van der Waals surface area (Å²) in [5, 5.41) is 0. The van der Waals surface area contributed by atoms with Gasteiger partial charge in [0.2, 0.25) is 0 Å². The number of rotatable bonds is 3. The quantitative estimate of drug-likeness (QED) is 0.637. The van der Waals surface area contributed by atoms with Crippen molar-refractivity contribution in [3.8, 4) is 0 Å². The molecule has 14 heavy (non-hydrogen) atoms. The molecule has 1 saturated heterocycles. The van der Waals surface area contributed by atoms with E-state index in [1.165, 1.54) is 0 Å². The summed E-state index contributed by atoms with van der Waals surface area (Å²) < 4.78 is 0. The Morgan fingerprint density at radius 2 is 2.07 bits per heavy atom. The van der Waals surface area contributed by atoms with Gasteiger partial charge in [-0.2, -0.15) is 0 Å². The van der Waals surface area contributed by atoms with Crippen molar-refractivity contribution in [1.82, 2.24) is 9.80 Å². The van der Waals surface area contributed by atoms with Crippen LogP contribution in [0.1, 0.15) is 6.42 Å². The molecule has 5 nitrogen and oxygen atoms in total. The monoisotopic (exact) mass is 198 g/mol. The minimum absolute atomic E-state index is 0.306. The maximum absolute atomic E-state index is 10.8. The Bertz CT molecular complexity index is 209. The number of carbonyl (C=O) groups is 1. The van der Waals surface area contributed by atoms with Crippen LogP contribution in [0.3, 0.4) is 0 Å². The Morgan fingerprint density at radius 3 is 2.57 bits per heavy atom. The van der Waals surface area contributed by atoms with Crippen molar-refractivity contribution < 1.29 is 4.79 Å². The highest BCUT2D eigenvalue weighted by Gasteiger charge is 2.17. The van der Waals surface area contributed by atoms with Gasteiger partial charge in [-0.1, -0.05) is 0 Å². The molecule has 0 aromatic carbocycles. The van der Waals surface area contributed by atoms with Crippen molar-refractivity contribution in [2.75, 3.05) is 39.8 Å². The van der Waals surface area contributed by atoms with Crippen LogP contribution >= 0.6 is 0 Å². The summed E-state index contributed by atoms with van der Waals surface area (Å²) in [4.78, 5) is 18.8. The fraction of sp³-hybridized carbons (Fsp3) is 0.778. The molecule has 0 saturated carbocycles. The van der Waals surface area contributed by atoms with Gasteiger partial charge in [0.05, 0.1) is 0 Å². The zero-order chi connectivity index (χ0) is 10.4. The zero-order valence-electron chi connectivity index (χ0n) is 8.65. The first-order chi connectivity index (χ1) is 6.74. The fourth-order valence-electron chi connectivity index (χ4n) is 1.56. The molecule has 0 unspecified atom stereocenters. The van der Waals surface area contributed by atoms with Gasteiger partial charge in [0.25, 0.3) is 0 Å². The van der Waals surface area contributed by atoms with Crippen LogP contribution in [0, 0.1) is 0 Å². The number of urea groups is 1. The lowest BCUT2D eigenvalue weighted by Gasteiger charge is -2.33. The predicted octanol–water partition coefficient (Wildman–Crippen LogP) is -0.227. The number of primary amides is 1. The van der Waals surface area contributed by atoms with Crippen LogP contribution in [0.4, 0.5) is 4.79 Å². The number of piperazine rings is 1. The molecule has 0 spiro atoms. The van der Waals surface area contributed by atoms with Crippen molar-refractivity contribution in [3.63, 3.8) is 0 Å². The summed E-state index contributed by atoms with van der Waals surface area (Å²) in [5.41, 5.74) is 5.18. The van der Waals surface area contributed by atoms with Crippen molar-refractivity contribution in [2.45, 2.75) is 6.42 Å². The third kappa shape index (κ3) is 3.33. The highest BCUT2D eigenvalue weighted by molar-refractivity contribution is 5.72. The first kappa shape index (κ1) is 11.0. The van der Waals surface area contributed by atoms with E-state index in [9.17, 15) is 4.79 Å². The van der Waals surface area contributed by atoms with Gasteiger partial charge in [-0.3, -0.25) is 4.90 Å². The maximum Gasteiger partial charge on any atom is 0.314 e. The van der Waals surface area contributed by atoms with E-state index in [0.29, 0.717) is 0 Å². The van der Waals surface area contributed by atoms with Gasteiger partial charge in [-0.25, -0.2) is 4.79 Å². The lowest BCUT2D eigenvalue weighted by Crippen LogP contribution is -2.50. The standard InChI is InChI=1S/C9H18N4O/c1-11-3-2-4-12-5-7-13(8-6-12)9(10)14/h3H,2,4-8H2,1H3,(H2,10,14). The smallest absolute Gasteiger partial charge is 0.314 e. The van der Waals surface area contributed by atoms with Crippen molar-refractivity contribution in [1.29, 1.82) is 0 Å². The molecule has 0 radical (unpaired) electrons. The van der Waals surface area contributed by atoms with Crippen LogP contribution in [0.15, 0.2) is 4.99 Å². The Kier molecular flexibility index (Phi) is 4.39. The largest absolute Gasteiger partial charge is 0.351 e. The summed E-state index contributed by atoms with van der Waals surface area (Å²) in [7, 11) is 1.78. The molecular weight excluding hydrogens is 180 g/mol. The molecule has 80 valence electrons. The third-order valence-corrected chi connectivity index (χ3v) is 2.44. The van der Waals surface area contributed by atoms with Gasteiger partial charge in [0.1, 0.15) is 0 Å². The highest BCUT2D eigenvalue weighted by Crippen LogP contribution is 2.01. The number of carbonyl (C=O) groups excluding carboxylic acids is 1. The van der Waals surface area contributed by atoms with Gasteiger partial charge in [0, 0.05) is 39.8 Å². The van der Waals surface area contributed by atoms with Crippen LogP contribution in [0.2, 0.25) is 0 Å². The summed E-state index contributed by atoms with van der Waals surface area (Å²) in [5.74, 6) is 0. The Morgan fingerprint density at radius 1 is 1.43 bits per heavy atom. The van der Waals surface area contributed by atoms with E-state index in [1.807, 2.05) is 6.21 Å². The first-order valence-electron chi connectivity index (χ1n) is 4.91. The number of hydrogen-bond donors (Lipinski definition) is 1. The van der Waals surface area contributed by atoms with E-state index in [0.717, 1.165) is 39.1 Å². The molecule has 0 aliphatic carbocycles. The molecule has 1 aliphatic rings. The van der Waals surface area contributed by atoms with Gasteiger partial charge in [-0.05, 0) is 12.6 Å². The minimum Gasteiger partial charge on any atom is -0.351 e. The summed E-state index contributed by atoms with van der Waals surface area (Å²) in [6.45, 7) is 4.35. The van der Waals surface area contributed by atoms with E-state index in [4.69, 9.17) is 5.73 Å². The van der Waals surface area contributed by atoms with Gasteiger partial charge < -0.3 is 15.6 Å². The SMILES string of the molecule is CN=CCCN1CCN(C(N)=O)CC1. The van der Waals surface area contributed by atoms with E-state index in [-0.39, 0.29) is 6.03 Å². The average molecular weight is 198 g/mol. The molecule has 2 amide bonds. The molecule has 1 aliphatic heterocycles. The summed E-state index contributed by atoms with van der Waals surface area (Å²) in [6, 6.07) is -0.306. The predicted molar refractivity (Wildman–Crippen MR) is 56.6 cm³/mol. The molecule has 0 atom stereocenters. The number of amides is 2. The Hall–Kier alpha value is -1.10. The molecule has 0 aromatic rings. The van der Waals surface area contributed by atoms with Crippen molar-refractivity contribution in [2.24, 2.45) is 10.7 Å². The second-order valence-electron chi connectivity index (χ2n) is 3.40. The van der Waals surface area contributed by atoms with E-state index >= 15 is 0 Å². The zero-order valence-corrected chi connectivity index (χ0v) is 8.65. The Balaban J connectivity index is 2.18. The highest BCUT2D eigenvalue weighted by atomic mass is 16.2. The Labute approximate surface area is 84.6 Å². The molecule has 0 aromatic heterocycles. The molecule has 2 N–H and O–H groups in total. The molecule has 1 heterocycles. The second-order valence-corrected chi connectivity index (χ2v) is 3.40. The van der Waals surface area contributed by atoms with Crippen LogP contribution in [-0.2, 0) is 0 Å². The van der Waals surface area contributed by atoms with Gasteiger partial charge >= 0.3 is 6.03 Å². The number of nitrogens with two attached hydrogens (primary N) is 1. The normalized spacial score (nSPS) is 19.1.